The number of aliphatic carboxylic acids is 2. The van der Waals surface area contributed by atoms with Crippen molar-refractivity contribution in [3.63, 3.8) is 0 Å². The van der Waals surface area contributed by atoms with Gasteiger partial charge in [0.1, 0.15) is 27.2 Å². The number of thiazole rings is 2. The van der Waals surface area contributed by atoms with Crippen molar-refractivity contribution in [3.05, 3.63) is 178 Å². The van der Waals surface area contributed by atoms with Crippen molar-refractivity contribution in [2.24, 2.45) is 0 Å². The second kappa shape index (κ2) is 19.4. The monoisotopic (exact) mass is 812 g/mol. The Labute approximate surface area is 341 Å². The molecule has 0 fully saturated rings. The number of carbonyl (C=O) groups excluding carboxylic acids is 2. The van der Waals surface area contributed by atoms with Gasteiger partial charge in [-0.05, 0) is 46.9 Å². The van der Waals surface area contributed by atoms with E-state index in [9.17, 15) is 33.8 Å². The predicted molar refractivity (Wildman–Crippen MR) is 223 cm³/mol. The number of carboxylic acids is 2. The van der Waals surface area contributed by atoms with Gasteiger partial charge in [0.25, 0.3) is 11.8 Å². The molecule has 58 heavy (non-hydrogen) atoms. The van der Waals surface area contributed by atoms with E-state index in [1.807, 2.05) is 104 Å². The first kappa shape index (κ1) is 40.8. The van der Waals surface area contributed by atoms with E-state index in [0.29, 0.717) is 10.6 Å². The number of carboxylic acid groups (broad SMARTS) is 2. The Morgan fingerprint density at radius 3 is 1.48 bits per heavy atom. The lowest BCUT2D eigenvalue weighted by atomic mass is 9.98. The molecule has 7 aromatic rings. The fraction of sp³-hybridized carbons (Fsp3) is 0.111. The fourth-order valence-electron chi connectivity index (χ4n) is 6.02. The molecule has 0 aliphatic rings. The average molecular weight is 813 g/mol. The number of rotatable bonds is 13. The second-order valence-corrected chi connectivity index (χ2v) is 14.8. The van der Waals surface area contributed by atoms with Crippen LogP contribution in [0.2, 0.25) is 0 Å². The number of nitrogens with zero attached hydrogens (tertiary/aromatic N) is 2. The van der Waals surface area contributed by atoms with Crippen LogP contribution in [0.4, 0.5) is 4.39 Å². The van der Waals surface area contributed by atoms with Gasteiger partial charge in [0.05, 0.1) is 24.9 Å². The van der Waals surface area contributed by atoms with Crippen LogP contribution in [0.3, 0.4) is 0 Å². The third-order valence-electron chi connectivity index (χ3n) is 8.94. The van der Waals surface area contributed by atoms with Gasteiger partial charge < -0.3 is 20.8 Å². The van der Waals surface area contributed by atoms with Crippen molar-refractivity contribution >= 4 is 46.4 Å². The van der Waals surface area contributed by atoms with E-state index in [-0.39, 0.29) is 36.0 Å². The zero-order valence-corrected chi connectivity index (χ0v) is 32.7. The zero-order chi connectivity index (χ0) is 41.0. The van der Waals surface area contributed by atoms with Gasteiger partial charge in [-0.2, -0.15) is 0 Å². The summed E-state index contributed by atoms with van der Waals surface area (Å²) in [5, 5.41) is 29.0. The normalized spacial score (nSPS) is 11.7. The lowest BCUT2D eigenvalue weighted by Crippen LogP contribution is -2.30. The van der Waals surface area contributed by atoms with E-state index < -0.39 is 29.9 Å². The summed E-state index contributed by atoms with van der Waals surface area (Å²) in [7, 11) is 0. The Bertz CT molecular complexity index is 2490. The van der Waals surface area contributed by atoms with E-state index in [2.05, 4.69) is 20.6 Å². The Hall–Kier alpha value is -6.83. The van der Waals surface area contributed by atoms with E-state index in [1.54, 1.807) is 35.0 Å². The van der Waals surface area contributed by atoms with Crippen LogP contribution in [0.1, 0.15) is 62.6 Å². The molecule has 7 rings (SSSR count). The van der Waals surface area contributed by atoms with Gasteiger partial charge in [-0.1, -0.05) is 121 Å². The molecule has 2 atom stereocenters. The summed E-state index contributed by atoms with van der Waals surface area (Å²) in [4.78, 5) is 56.8. The molecule has 0 aliphatic carbocycles. The predicted octanol–water partition coefficient (Wildman–Crippen LogP) is 9.63. The Balaban J connectivity index is 0.000000200. The number of benzene rings is 5. The number of carbonyl (C=O) groups is 4. The van der Waals surface area contributed by atoms with Gasteiger partial charge in [0.2, 0.25) is 0 Å². The Kier molecular flexibility index (Phi) is 13.6. The van der Waals surface area contributed by atoms with Gasteiger partial charge in [-0.3, -0.25) is 19.2 Å². The van der Waals surface area contributed by atoms with Gasteiger partial charge in [-0.25, -0.2) is 14.4 Å². The van der Waals surface area contributed by atoms with Crippen LogP contribution >= 0.6 is 22.7 Å². The minimum Gasteiger partial charge on any atom is -0.481 e. The zero-order valence-electron chi connectivity index (χ0n) is 31.0. The minimum atomic E-state index is -1.03. The first-order valence-electron chi connectivity index (χ1n) is 18.0. The smallest absolute Gasteiger partial charge is 0.305 e. The van der Waals surface area contributed by atoms with Crippen molar-refractivity contribution in [1.29, 1.82) is 0 Å². The largest absolute Gasteiger partial charge is 0.481 e. The maximum Gasteiger partial charge on any atom is 0.305 e. The van der Waals surface area contributed by atoms with Crippen LogP contribution in [0.15, 0.2) is 144 Å². The lowest BCUT2D eigenvalue weighted by Gasteiger charge is -2.18. The third kappa shape index (κ3) is 10.9. The summed E-state index contributed by atoms with van der Waals surface area (Å²) in [6, 6.07) is 38.5. The molecule has 5 aromatic carbocycles. The summed E-state index contributed by atoms with van der Waals surface area (Å²) < 4.78 is 13.2. The number of aromatic nitrogens is 2. The van der Waals surface area contributed by atoms with Crippen LogP contribution in [0, 0.1) is 12.7 Å². The quantitative estimate of drug-likeness (QED) is 0.0896. The molecule has 2 heterocycles. The molecular formula is C45H37FN4O6S2. The number of hydrogen-bond donors (Lipinski definition) is 4. The molecule has 0 saturated heterocycles. The molecule has 13 heteroatoms. The highest BCUT2D eigenvalue weighted by molar-refractivity contribution is 7.13. The molecule has 292 valence electrons. The number of hydrogen-bond acceptors (Lipinski definition) is 8. The second-order valence-electron chi connectivity index (χ2n) is 13.0. The van der Waals surface area contributed by atoms with Crippen molar-refractivity contribution in [2.75, 3.05) is 0 Å². The van der Waals surface area contributed by atoms with Crippen LogP contribution < -0.4 is 10.6 Å². The Morgan fingerprint density at radius 1 is 0.569 bits per heavy atom. The van der Waals surface area contributed by atoms with E-state index in [0.717, 1.165) is 38.4 Å². The number of halogens is 1. The first-order chi connectivity index (χ1) is 28.0. The molecule has 10 nitrogen and oxygen atoms in total. The van der Waals surface area contributed by atoms with Gasteiger partial charge in [0.15, 0.2) is 0 Å². The lowest BCUT2D eigenvalue weighted by molar-refractivity contribution is -0.138. The molecule has 2 amide bonds. The highest BCUT2D eigenvalue weighted by atomic mass is 32.1. The molecule has 2 unspecified atom stereocenters. The number of nitrogens with one attached hydrogen (secondary N) is 2. The van der Waals surface area contributed by atoms with Crippen LogP contribution in [0.5, 0.6) is 0 Å². The standard InChI is InChI=1S/C25H19FN2O3S.C20H18N2O3S/c26-20-12-10-17(11-13-20)16-6-8-18(9-7-16)21(14-23(29)30)27-24(31)22-15-32-25(28-22)19-4-2-1-3-5-19;1-13-7-5-6-10-15(13)16(11-18(23)24)21-19(25)17-12-26-20(22-17)14-8-3-2-4-9-14/h1-13,15,21H,14H2,(H,27,31)(H,29,30);2-10,12,16H,11H2,1H3,(H,21,25)(H,23,24). The molecule has 0 spiro atoms. The van der Waals surface area contributed by atoms with Crippen LogP contribution in [-0.2, 0) is 9.59 Å². The maximum atomic E-state index is 13.2. The summed E-state index contributed by atoms with van der Waals surface area (Å²) in [5.74, 6) is -3.12. The number of amides is 2. The summed E-state index contributed by atoms with van der Waals surface area (Å²) in [6.45, 7) is 1.90. The molecule has 0 radical (unpaired) electrons. The van der Waals surface area contributed by atoms with E-state index >= 15 is 0 Å². The van der Waals surface area contributed by atoms with Crippen LogP contribution in [-0.4, -0.2) is 43.9 Å². The average Bonchev–Trinajstić information content (AvgIpc) is 3.94. The summed E-state index contributed by atoms with van der Waals surface area (Å²) >= 11 is 2.74. The molecule has 0 aliphatic heterocycles. The molecule has 0 saturated carbocycles. The third-order valence-corrected chi connectivity index (χ3v) is 10.7. The highest BCUT2D eigenvalue weighted by Crippen LogP contribution is 2.28. The highest BCUT2D eigenvalue weighted by Gasteiger charge is 2.23. The van der Waals surface area contributed by atoms with Crippen molar-refractivity contribution in [2.45, 2.75) is 31.8 Å². The summed E-state index contributed by atoms with van der Waals surface area (Å²) in [5.41, 5.74) is 6.47. The Morgan fingerprint density at radius 2 is 1.00 bits per heavy atom. The van der Waals surface area contributed by atoms with Crippen molar-refractivity contribution in [3.8, 4) is 32.3 Å². The van der Waals surface area contributed by atoms with E-state index in [4.69, 9.17) is 0 Å². The van der Waals surface area contributed by atoms with Gasteiger partial charge in [0, 0.05) is 21.9 Å². The SMILES string of the molecule is Cc1ccccc1C(CC(=O)O)NC(=O)c1csc(-c2ccccc2)n1.O=C(O)CC(NC(=O)c1csc(-c2ccccc2)n1)c1ccc(-c2ccc(F)cc2)cc1. The van der Waals surface area contributed by atoms with Gasteiger partial charge >= 0.3 is 11.9 Å². The molecule has 0 bridgehead atoms. The minimum absolute atomic E-state index is 0.188. The summed E-state index contributed by atoms with van der Waals surface area (Å²) in [6.07, 6.45) is -0.455. The fourth-order valence-corrected chi connectivity index (χ4v) is 7.63. The van der Waals surface area contributed by atoms with E-state index in [1.165, 1.54) is 34.8 Å². The number of aryl methyl sites for hydroxylation is 1. The topological polar surface area (TPSA) is 159 Å². The molecule has 4 N–H and O–H groups in total. The van der Waals surface area contributed by atoms with Crippen molar-refractivity contribution < 1.29 is 33.8 Å². The molecule has 2 aromatic heterocycles. The van der Waals surface area contributed by atoms with Gasteiger partial charge in [-0.15, -0.1) is 22.7 Å². The molecular weight excluding hydrogens is 776 g/mol. The van der Waals surface area contributed by atoms with Crippen molar-refractivity contribution in [1.82, 2.24) is 20.6 Å². The maximum absolute atomic E-state index is 13.2. The van der Waals surface area contributed by atoms with Crippen LogP contribution in [0.25, 0.3) is 32.3 Å². The first-order valence-corrected chi connectivity index (χ1v) is 19.8.